The minimum atomic E-state index is -3.53. The van der Waals surface area contributed by atoms with Crippen molar-refractivity contribution in [3.63, 3.8) is 0 Å². The second-order valence-electron chi connectivity index (χ2n) is 6.05. The number of hydrogen-bond acceptors (Lipinski definition) is 7. The first-order chi connectivity index (χ1) is 13.5. The number of benzene rings is 1. The molecule has 0 saturated heterocycles. The number of rotatable bonds is 7. The Labute approximate surface area is 166 Å². The molecule has 0 N–H and O–H groups in total. The molecule has 0 aliphatic carbocycles. The number of sulfonamides is 1. The normalized spacial score (nSPS) is 12.4. The average molecular weight is 418 g/mol. The smallest absolute Gasteiger partial charge is 0.257 e. The molecule has 146 valence electrons. The van der Waals surface area contributed by atoms with Crippen molar-refractivity contribution in [3.05, 3.63) is 48.5 Å². The van der Waals surface area contributed by atoms with E-state index in [9.17, 15) is 8.42 Å². The third kappa shape index (κ3) is 3.50. The van der Waals surface area contributed by atoms with Gasteiger partial charge in [-0.05, 0) is 24.3 Å². The molecule has 0 radical (unpaired) electrons. The van der Waals surface area contributed by atoms with E-state index in [2.05, 4.69) is 15.0 Å². The first-order valence-electron chi connectivity index (χ1n) is 8.83. The molecule has 0 fully saturated rings. The fourth-order valence-electron chi connectivity index (χ4n) is 2.91. The van der Waals surface area contributed by atoms with Gasteiger partial charge in [0.2, 0.25) is 15.8 Å². The van der Waals surface area contributed by atoms with Crippen LogP contribution in [0.5, 0.6) is 0 Å². The number of fused-ring (bicyclic) bond motifs is 2. The summed E-state index contributed by atoms with van der Waals surface area (Å²) >= 11 is 1.40. The molecule has 0 spiro atoms. The van der Waals surface area contributed by atoms with Crippen molar-refractivity contribution in [1.82, 2.24) is 23.7 Å². The van der Waals surface area contributed by atoms with Gasteiger partial charge in [0, 0.05) is 37.4 Å². The minimum absolute atomic E-state index is 0.222. The van der Waals surface area contributed by atoms with Crippen molar-refractivity contribution in [2.24, 2.45) is 0 Å². The Hall–Kier alpha value is -2.43. The average Bonchev–Trinajstić information content (AvgIpc) is 3.29. The van der Waals surface area contributed by atoms with E-state index >= 15 is 0 Å². The molecule has 28 heavy (non-hydrogen) atoms. The van der Waals surface area contributed by atoms with Gasteiger partial charge in [-0.1, -0.05) is 25.6 Å². The van der Waals surface area contributed by atoms with Crippen LogP contribution in [0.25, 0.3) is 16.9 Å². The molecule has 0 aliphatic rings. The van der Waals surface area contributed by atoms with E-state index in [4.69, 9.17) is 4.42 Å². The predicted molar refractivity (Wildman–Crippen MR) is 107 cm³/mol. The summed E-state index contributed by atoms with van der Waals surface area (Å²) < 4.78 is 34.4. The molecule has 0 aliphatic heterocycles. The quantitative estimate of drug-likeness (QED) is 0.426. The van der Waals surface area contributed by atoms with Gasteiger partial charge in [0.1, 0.15) is 5.52 Å². The van der Waals surface area contributed by atoms with Crippen LogP contribution < -0.4 is 0 Å². The van der Waals surface area contributed by atoms with Crippen molar-refractivity contribution in [3.8, 4) is 0 Å². The maximum absolute atomic E-state index is 12.7. The SMILES string of the molecule is CCN(CC)S(=O)(=O)c1ccc2oc(SCc3cn4cccnc4n3)nc2c1. The second kappa shape index (κ2) is 7.53. The van der Waals surface area contributed by atoms with Gasteiger partial charge in [0.25, 0.3) is 5.22 Å². The van der Waals surface area contributed by atoms with E-state index in [0.717, 1.165) is 5.69 Å². The summed E-state index contributed by atoms with van der Waals surface area (Å²) in [7, 11) is -3.53. The molecular formula is C18H19N5O3S2. The number of nitrogens with zero attached hydrogens (tertiary/aromatic N) is 5. The lowest BCUT2D eigenvalue weighted by Crippen LogP contribution is -2.30. The molecule has 3 aromatic heterocycles. The van der Waals surface area contributed by atoms with E-state index in [0.29, 0.717) is 40.9 Å². The highest BCUT2D eigenvalue weighted by Gasteiger charge is 2.22. The largest absolute Gasteiger partial charge is 0.431 e. The van der Waals surface area contributed by atoms with Gasteiger partial charge in [-0.15, -0.1) is 0 Å². The predicted octanol–water partition coefficient (Wildman–Crippen LogP) is 3.19. The maximum Gasteiger partial charge on any atom is 0.257 e. The molecule has 0 atom stereocenters. The number of thioether (sulfide) groups is 1. The third-order valence-electron chi connectivity index (χ3n) is 4.31. The molecule has 10 heteroatoms. The number of hydrogen-bond donors (Lipinski definition) is 0. The van der Waals surface area contributed by atoms with Crippen LogP contribution in [-0.2, 0) is 15.8 Å². The van der Waals surface area contributed by atoms with Crippen LogP contribution in [0.15, 0.2) is 57.4 Å². The van der Waals surface area contributed by atoms with E-state index in [1.54, 1.807) is 24.4 Å². The van der Waals surface area contributed by atoms with Gasteiger partial charge >= 0.3 is 0 Å². The zero-order valence-corrected chi connectivity index (χ0v) is 17.1. The first kappa shape index (κ1) is 18.9. The zero-order chi connectivity index (χ0) is 19.7. The van der Waals surface area contributed by atoms with Crippen LogP contribution in [0.4, 0.5) is 0 Å². The molecule has 4 aromatic rings. The van der Waals surface area contributed by atoms with E-state index in [1.165, 1.54) is 16.1 Å². The molecule has 0 unspecified atom stereocenters. The van der Waals surface area contributed by atoms with Crippen molar-refractivity contribution in [1.29, 1.82) is 0 Å². The lowest BCUT2D eigenvalue weighted by atomic mass is 10.3. The van der Waals surface area contributed by atoms with Crippen molar-refractivity contribution < 1.29 is 12.8 Å². The summed E-state index contributed by atoms with van der Waals surface area (Å²) in [5.74, 6) is 1.21. The Morgan fingerprint density at radius 2 is 2.04 bits per heavy atom. The van der Waals surface area contributed by atoms with E-state index < -0.39 is 10.0 Å². The molecule has 0 amide bonds. The molecule has 0 bridgehead atoms. The molecule has 3 heterocycles. The van der Waals surface area contributed by atoms with Gasteiger partial charge in [-0.25, -0.2) is 23.4 Å². The standard InChI is InChI=1S/C18H19N5O3S2/c1-3-23(4-2)28(24,25)14-6-7-16-15(10-14)21-18(26-16)27-12-13-11-22-9-5-8-19-17(22)20-13/h5-11H,3-4,12H2,1-2H3. The lowest BCUT2D eigenvalue weighted by Gasteiger charge is -2.18. The monoisotopic (exact) mass is 417 g/mol. The molecule has 4 rings (SSSR count). The Balaban J connectivity index is 1.56. The maximum atomic E-state index is 12.7. The summed E-state index contributed by atoms with van der Waals surface area (Å²) in [4.78, 5) is 13.3. The van der Waals surface area contributed by atoms with E-state index in [-0.39, 0.29) is 4.90 Å². The number of aromatic nitrogens is 4. The molecule has 1 aromatic carbocycles. The molecule has 0 saturated carbocycles. The van der Waals surface area contributed by atoms with Crippen LogP contribution in [-0.4, -0.2) is 45.2 Å². The summed E-state index contributed by atoms with van der Waals surface area (Å²) in [6.07, 6.45) is 5.50. The first-order valence-corrected chi connectivity index (χ1v) is 11.3. The Bertz CT molecular complexity index is 1200. The highest BCUT2D eigenvalue weighted by molar-refractivity contribution is 7.98. The topological polar surface area (TPSA) is 93.6 Å². The van der Waals surface area contributed by atoms with Gasteiger partial charge < -0.3 is 4.42 Å². The van der Waals surface area contributed by atoms with Crippen LogP contribution in [0.2, 0.25) is 0 Å². The van der Waals surface area contributed by atoms with Crippen LogP contribution >= 0.6 is 11.8 Å². The van der Waals surface area contributed by atoms with Crippen LogP contribution in [0.1, 0.15) is 19.5 Å². The fourth-order valence-corrected chi connectivity index (χ4v) is 5.11. The van der Waals surface area contributed by atoms with Gasteiger partial charge in [-0.2, -0.15) is 4.31 Å². The van der Waals surface area contributed by atoms with Crippen molar-refractivity contribution >= 4 is 38.7 Å². The van der Waals surface area contributed by atoms with Crippen LogP contribution in [0, 0.1) is 0 Å². The fraction of sp³-hybridized carbons (Fsp3) is 0.278. The van der Waals surface area contributed by atoms with Gasteiger partial charge in [0.05, 0.1) is 10.6 Å². The molecule has 8 nitrogen and oxygen atoms in total. The highest BCUT2D eigenvalue weighted by atomic mass is 32.2. The summed E-state index contributed by atoms with van der Waals surface area (Å²) in [6, 6.07) is 6.61. The van der Waals surface area contributed by atoms with Crippen molar-refractivity contribution in [2.45, 2.75) is 29.7 Å². The third-order valence-corrected chi connectivity index (χ3v) is 7.22. The summed E-state index contributed by atoms with van der Waals surface area (Å²) in [6.45, 7) is 4.48. The lowest BCUT2D eigenvalue weighted by molar-refractivity contribution is 0.445. The Morgan fingerprint density at radius 1 is 1.21 bits per heavy atom. The summed E-state index contributed by atoms with van der Waals surface area (Å²) in [5.41, 5.74) is 1.93. The second-order valence-corrected chi connectivity index (χ2v) is 8.91. The highest BCUT2D eigenvalue weighted by Crippen LogP contribution is 2.28. The summed E-state index contributed by atoms with van der Waals surface area (Å²) in [5, 5.41) is 0.470. The molecular weight excluding hydrogens is 398 g/mol. The van der Waals surface area contributed by atoms with E-state index in [1.807, 2.05) is 36.7 Å². The van der Waals surface area contributed by atoms with Crippen molar-refractivity contribution in [2.75, 3.05) is 13.1 Å². The zero-order valence-electron chi connectivity index (χ0n) is 15.4. The Morgan fingerprint density at radius 3 is 2.79 bits per heavy atom. The van der Waals surface area contributed by atoms with Crippen LogP contribution in [0.3, 0.4) is 0 Å². The number of imidazole rings is 1. The van der Waals surface area contributed by atoms with Gasteiger partial charge in [-0.3, -0.25) is 4.40 Å². The number of oxazole rings is 1. The minimum Gasteiger partial charge on any atom is -0.431 e. The van der Waals surface area contributed by atoms with Gasteiger partial charge in [0.15, 0.2) is 5.58 Å². The Kier molecular flexibility index (Phi) is 5.09.